The van der Waals surface area contributed by atoms with E-state index >= 15 is 0 Å². The lowest BCUT2D eigenvalue weighted by Gasteiger charge is -2.09. The fourth-order valence-corrected chi connectivity index (χ4v) is 2.10. The Bertz CT molecular complexity index is 421. The van der Waals surface area contributed by atoms with Crippen LogP contribution in [-0.2, 0) is 0 Å². The number of rotatable bonds is 10. The van der Waals surface area contributed by atoms with Crippen molar-refractivity contribution >= 4 is 0 Å². The monoisotopic (exact) mass is 306 g/mol. The van der Waals surface area contributed by atoms with Crippen molar-refractivity contribution in [3.63, 3.8) is 0 Å². The van der Waals surface area contributed by atoms with Crippen LogP contribution in [0.3, 0.4) is 0 Å². The summed E-state index contributed by atoms with van der Waals surface area (Å²) in [5.74, 6) is 0. The van der Waals surface area contributed by atoms with Crippen molar-refractivity contribution in [2.45, 2.75) is 72.8 Å². The lowest BCUT2D eigenvalue weighted by molar-refractivity contribution is 0.213. The van der Waals surface area contributed by atoms with Crippen LogP contribution in [0.15, 0.2) is 46.6 Å². The highest BCUT2D eigenvalue weighted by molar-refractivity contribution is 5.10. The van der Waals surface area contributed by atoms with E-state index in [1.807, 2.05) is 13.0 Å². The number of aliphatic hydroxyl groups excluding tert-OH is 2. The van der Waals surface area contributed by atoms with Crippen LogP contribution in [0.25, 0.3) is 0 Å². The van der Waals surface area contributed by atoms with Crippen LogP contribution < -0.4 is 0 Å². The molecule has 0 spiro atoms. The van der Waals surface area contributed by atoms with Gasteiger partial charge in [0.1, 0.15) is 0 Å². The SMILES string of the molecule is CC(C)=CCC(O)C(C)=CCCC(C)=CCCC(C)=CCO. The Morgan fingerprint density at radius 3 is 1.91 bits per heavy atom. The van der Waals surface area contributed by atoms with Crippen molar-refractivity contribution in [1.29, 1.82) is 0 Å². The minimum atomic E-state index is -0.356. The molecule has 0 aromatic carbocycles. The van der Waals surface area contributed by atoms with Gasteiger partial charge in [-0.25, -0.2) is 0 Å². The predicted molar refractivity (Wildman–Crippen MR) is 96.9 cm³/mol. The molecule has 0 aliphatic heterocycles. The molecule has 1 atom stereocenters. The van der Waals surface area contributed by atoms with Gasteiger partial charge in [0.25, 0.3) is 0 Å². The molecule has 2 heteroatoms. The van der Waals surface area contributed by atoms with E-state index in [-0.39, 0.29) is 12.7 Å². The Morgan fingerprint density at radius 2 is 1.36 bits per heavy atom. The van der Waals surface area contributed by atoms with Gasteiger partial charge >= 0.3 is 0 Å². The van der Waals surface area contributed by atoms with E-state index in [0.29, 0.717) is 6.42 Å². The molecule has 0 amide bonds. The molecule has 0 fully saturated rings. The molecule has 0 heterocycles. The molecule has 0 rings (SSSR count). The molecule has 0 aliphatic rings. The molecule has 2 nitrogen and oxygen atoms in total. The maximum absolute atomic E-state index is 10.0. The van der Waals surface area contributed by atoms with Gasteiger partial charge in [-0.2, -0.15) is 0 Å². The van der Waals surface area contributed by atoms with Gasteiger partial charge in [-0.1, -0.05) is 41.0 Å². The summed E-state index contributed by atoms with van der Waals surface area (Å²) >= 11 is 0. The molecule has 1 unspecified atom stereocenters. The quantitative estimate of drug-likeness (QED) is 0.552. The highest BCUT2D eigenvalue weighted by Crippen LogP contribution is 2.13. The molecule has 126 valence electrons. The van der Waals surface area contributed by atoms with Crippen molar-refractivity contribution in [1.82, 2.24) is 0 Å². The van der Waals surface area contributed by atoms with Gasteiger partial charge in [-0.05, 0) is 72.3 Å². The highest BCUT2D eigenvalue weighted by atomic mass is 16.3. The summed E-state index contributed by atoms with van der Waals surface area (Å²) in [5.41, 5.74) is 4.94. The maximum atomic E-state index is 10.0. The van der Waals surface area contributed by atoms with Gasteiger partial charge in [0.15, 0.2) is 0 Å². The van der Waals surface area contributed by atoms with Gasteiger partial charge in [0, 0.05) is 0 Å². The zero-order valence-electron chi connectivity index (χ0n) is 15.0. The molecule has 0 saturated carbocycles. The molecule has 2 N–H and O–H groups in total. The van der Waals surface area contributed by atoms with Gasteiger partial charge in [0.2, 0.25) is 0 Å². The predicted octanol–water partition coefficient (Wildman–Crippen LogP) is 5.10. The summed E-state index contributed by atoms with van der Waals surface area (Å²) in [6.45, 7) is 10.5. The summed E-state index contributed by atoms with van der Waals surface area (Å²) < 4.78 is 0. The zero-order chi connectivity index (χ0) is 17.0. The van der Waals surface area contributed by atoms with E-state index in [1.165, 1.54) is 16.7 Å². The fourth-order valence-electron chi connectivity index (χ4n) is 2.10. The van der Waals surface area contributed by atoms with Crippen LogP contribution in [0.5, 0.6) is 0 Å². The summed E-state index contributed by atoms with van der Waals surface area (Å²) in [4.78, 5) is 0. The first-order chi connectivity index (χ1) is 10.4. The lowest BCUT2D eigenvalue weighted by atomic mass is 10.0. The van der Waals surface area contributed by atoms with Gasteiger partial charge in [-0.15, -0.1) is 0 Å². The summed E-state index contributed by atoms with van der Waals surface area (Å²) in [7, 11) is 0. The molecular weight excluding hydrogens is 272 g/mol. The minimum absolute atomic E-state index is 0.133. The summed E-state index contributed by atoms with van der Waals surface area (Å²) in [6.07, 6.45) is 12.8. The minimum Gasteiger partial charge on any atom is -0.392 e. The maximum Gasteiger partial charge on any atom is 0.0781 e. The largest absolute Gasteiger partial charge is 0.392 e. The Balaban J connectivity index is 4.13. The number of hydrogen-bond acceptors (Lipinski definition) is 2. The second-order valence-electron chi connectivity index (χ2n) is 6.34. The second kappa shape index (κ2) is 12.4. The van der Waals surface area contributed by atoms with Crippen LogP contribution in [0.4, 0.5) is 0 Å². The molecule has 0 aromatic rings. The molecule has 22 heavy (non-hydrogen) atoms. The molecule has 0 aliphatic carbocycles. The Hall–Kier alpha value is -1.12. The van der Waals surface area contributed by atoms with Crippen molar-refractivity contribution in [3.05, 3.63) is 46.6 Å². The van der Waals surface area contributed by atoms with Crippen molar-refractivity contribution in [3.8, 4) is 0 Å². The van der Waals surface area contributed by atoms with Crippen LogP contribution in [0.2, 0.25) is 0 Å². The van der Waals surface area contributed by atoms with E-state index in [0.717, 1.165) is 31.3 Å². The molecule has 0 radical (unpaired) electrons. The standard InChI is InChI=1S/C20H34O2/c1-16(2)12-13-20(22)19(5)11-7-10-17(3)8-6-9-18(4)14-15-21/h8,11-12,14,20-22H,6-7,9-10,13,15H2,1-5H3. The highest BCUT2D eigenvalue weighted by Gasteiger charge is 2.03. The molecular formula is C20H34O2. The lowest BCUT2D eigenvalue weighted by Crippen LogP contribution is -2.06. The molecule has 0 saturated heterocycles. The molecule has 0 bridgehead atoms. The fraction of sp³-hybridized carbons (Fsp3) is 0.600. The van der Waals surface area contributed by atoms with Gasteiger partial charge in [0.05, 0.1) is 12.7 Å². The number of hydrogen-bond donors (Lipinski definition) is 2. The Kier molecular flexibility index (Phi) is 11.8. The smallest absolute Gasteiger partial charge is 0.0781 e. The topological polar surface area (TPSA) is 40.5 Å². The van der Waals surface area contributed by atoms with Crippen molar-refractivity contribution in [2.75, 3.05) is 6.61 Å². The van der Waals surface area contributed by atoms with Crippen molar-refractivity contribution in [2.24, 2.45) is 0 Å². The zero-order valence-corrected chi connectivity index (χ0v) is 15.0. The van der Waals surface area contributed by atoms with E-state index in [9.17, 15) is 5.11 Å². The first-order valence-corrected chi connectivity index (χ1v) is 8.27. The van der Waals surface area contributed by atoms with E-state index in [2.05, 4.69) is 45.9 Å². The summed E-state index contributed by atoms with van der Waals surface area (Å²) in [6, 6.07) is 0. The number of allylic oxidation sites excluding steroid dienone is 5. The normalized spacial score (nSPS) is 15.0. The molecule has 0 aromatic heterocycles. The van der Waals surface area contributed by atoms with E-state index < -0.39 is 0 Å². The van der Waals surface area contributed by atoms with Crippen LogP contribution in [0.1, 0.15) is 66.7 Å². The van der Waals surface area contributed by atoms with Gasteiger partial charge in [-0.3, -0.25) is 0 Å². The Morgan fingerprint density at radius 1 is 0.818 bits per heavy atom. The Labute approximate surface area is 137 Å². The van der Waals surface area contributed by atoms with Crippen LogP contribution in [-0.4, -0.2) is 22.9 Å². The first kappa shape index (κ1) is 20.9. The first-order valence-electron chi connectivity index (χ1n) is 8.27. The third kappa shape index (κ3) is 11.5. The van der Waals surface area contributed by atoms with Crippen LogP contribution in [0, 0.1) is 0 Å². The average Bonchev–Trinajstić information content (AvgIpc) is 2.44. The summed E-state index contributed by atoms with van der Waals surface area (Å²) in [5, 5.41) is 18.8. The number of aliphatic hydroxyl groups is 2. The third-order valence-electron chi connectivity index (χ3n) is 3.75. The average molecular weight is 306 g/mol. The third-order valence-corrected chi connectivity index (χ3v) is 3.75. The second-order valence-corrected chi connectivity index (χ2v) is 6.34. The van der Waals surface area contributed by atoms with E-state index in [1.54, 1.807) is 0 Å². The van der Waals surface area contributed by atoms with Crippen molar-refractivity contribution < 1.29 is 10.2 Å². The van der Waals surface area contributed by atoms with Crippen LogP contribution >= 0.6 is 0 Å². The van der Waals surface area contributed by atoms with E-state index in [4.69, 9.17) is 5.11 Å². The van der Waals surface area contributed by atoms with Gasteiger partial charge < -0.3 is 10.2 Å².